The first kappa shape index (κ1) is 18.9. The Balaban J connectivity index is 1.57. The van der Waals surface area contributed by atoms with Crippen LogP contribution in [-0.4, -0.2) is 15.9 Å². The van der Waals surface area contributed by atoms with Crippen LogP contribution in [0.4, 0.5) is 4.39 Å². The molecule has 1 unspecified atom stereocenters. The number of aromatic nitrogens is 2. The molecule has 0 radical (unpaired) electrons. The first-order chi connectivity index (χ1) is 14.1. The zero-order chi connectivity index (χ0) is 20.2. The lowest BCUT2D eigenvalue weighted by atomic mass is 10.0. The Morgan fingerprint density at radius 2 is 1.97 bits per heavy atom. The van der Waals surface area contributed by atoms with E-state index in [9.17, 15) is 9.18 Å². The summed E-state index contributed by atoms with van der Waals surface area (Å²) >= 11 is 0. The van der Waals surface area contributed by atoms with Gasteiger partial charge in [0.1, 0.15) is 5.82 Å². The highest BCUT2D eigenvalue weighted by Crippen LogP contribution is 2.31. The highest BCUT2D eigenvalue weighted by molar-refractivity contribution is 5.91. The zero-order valence-corrected chi connectivity index (χ0v) is 16.2. The molecule has 0 aliphatic heterocycles. The average Bonchev–Trinajstić information content (AvgIpc) is 3.11. The molecule has 2 aromatic heterocycles. The monoisotopic (exact) mass is 387 g/mol. The highest BCUT2D eigenvalue weighted by Gasteiger charge is 2.16. The number of aryl methyl sites for hydroxylation is 1. The molecule has 2 aromatic carbocycles. The van der Waals surface area contributed by atoms with Crippen LogP contribution in [0.2, 0.25) is 0 Å². The highest BCUT2D eigenvalue weighted by atomic mass is 19.1. The number of hydrogen-bond acceptors (Lipinski definition) is 2. The second kappa shape index (κ2) is 8.27. The van der Waals surface area contributed by atoms with Gasteiger partial charge in [-0.2, -0.15) is 0 Å². The number of hydrogen-bond donors (Lipinski definition) is 2. The maximum Gasteiger partial charge on any atom is 0.220 e. The van der Waals surface area contributed by atoms with Crippen LogP contribution in [0.3, 0.4) is 0 Å². The molecule has 4 aromatic rings. The van der Waals surface area contributed by atoms with Gasteiger partial charge in [0, 0.05) is 35.4 Å². The summed E-state index contributed by atoms with van der Waals surface area (Å²) in [4.78, 5) is 20.0. The third-order valence-corrected chi connectivity index (χ3v) is 5.09. The maximum absolute atomic E-state index is 13.9. The number of nitrogens with one attached hydrogen (secondary N) is 2. The summed E-state index contributed by atoms with van der Waals surface area (Å²) in [5, 5.41) is 3.83. The first-order valence-electron chi connectivity index (χ1n) is 9.66. The van der Waals surface area contributed by atoms with Gasteiger partial charge in [0.05, 0.1) is 6.04 Å². The Kier molecular flexibility index (Phi) is 5.38. The number of fused-ring (bicyclic) bond motifs is 1. The third kappa shape index (κ3) is 4.19. The van der Waals surface area contributed by atoms with E-state index in [1.807, 2.05) is 49.4 Å². The SMILES string of the molecule is CC(NC(=O)CCc1c(-c2ccccc2)[nH]c2ccc(F)cc12)c1cccnc1. The van der Waals surface area contributed by atoms with E-state index in [0.29, 0.717) is 12.8 Å². The van der Waals surface area contributed by atoms with Crippen LogP contribution in [-0.2, 0) is 11.2 Å². The molecule has 5 heteroatoms. The van der Waals surface area contributed by atoms with Crippen LogP contribution in [0.25, 0.3) is 22.2 Å². The predicted molar refractivity (Wildman–Crippen MR) is 113 cm³/mol. The van der Waals surface area contributed by atoms with E-state index in [-0.39, 0.29) is 17.8 Å². The van der Waals surface area contributed by atoms with Crippen LogP contribution >= 0.6 is 0 Å². The van der Waals surface area contributed by atoms with Crippen molar-refractivity contribution in [1.82, 2.24) is 15.3 Å². The predicted octanol–water partition coefficient (Wildman–Crippen LogP) is 5.18. The number of halogens is 1. The van der Waals surface area contributed by atoms with Crippen LogP contribution in [0.5, 0.6) is 0 Å². The molecule has 0 aliphatic rings. The molecule has 0 saturated heterocycles. The van der Waals surface area contributed by atoms with E-state index in [0.717, 1.165) is 33.3 Å². The van der Waals surface area contributed by atoms with Crippen molar-refractivity contribution >= 4 is 16.8 Å². The van der Waals surface area contributed by atoms with Crippen LogP contribution in [0.1, 0.15) is 30.5 Å². The molecule has 4 nitrogen and oxygen atoms in total. The van der Waals surface area contributed by atoms with Crippen LogP contribution < -0.4 is 5.32 Å². The molecule has 1 amide bonds. The lowest BCUT2D eigenvalue weighted by Crippen LogP contribution is -2.26. The van der Waals surface area contributed by atoms with Gasteiger partial charge in [-0.25, -0.2) is 4.39 Å². The Morgan fingerprint density at radius 1 is 1.14 bits per heavy atom. The van der Waals surface area contributed by atoms with Crippen molar-refractivity contribution in [3.8, 4) is 11.3 Å². The number of pyridine rings is 1. The summed E-state index contributed by atoms with van der Waals surface area (Å²) < 4.78 is 13.9. The molecule has 0 aliphatic carbocycles. The minimum Gasteiger partial charge on any atom is -0.354 e. The summed E-state index contributed by atoms with van der Waals surface area (Å²) in [6, 6.07) is 18.3. The number of benzene rings is 2. The number of carbonyl (C=O) groups excluding carboxylic acids is 1. The van der Waals surface area contributed by atoms with Crippen molar-refractivity contribution in [2.75, 3.05) is 0 Å². The molecule has 0 saturated carbocycles. The van der Waals surface area contributed by atoms with Gasteiger partial charge in [-0.05, 0) is 54.3 Å². The Labute approximate surface area is 168 Å². The van der Waals surface area contributed by atoms with Crippen molar-refractivity contribution in [1.29, 1.82) is 0 Å². The molecule has 29 heavy (non-hydrogen) atoms. The molecule has 0 bridgehead atoms. The Morgan fingerprint density at radius 3 is 2.72 bits per heavy atom. The van der Waals surface area contributed by atoms with Gasteiger partial charge in [-0.15, -0.1) is 0 Å². The second-order valence-electron chi connectivity index (χ2n) is 7.11. The summed E-state index contributed by atoms with van der Waals surface area (Å²) in [5.41, 5.74) is 4.72. The van der Waals surface area contributed by atoms with Crippen molar-refractivity contribution in [2.45, 2.75) is 25.8 Å². The summed E-state index contributed by atoms with van der Waals surface area (Å²) in [7, 11) is 0. The topological polar surface area (TPSA) is 57.8 Å². The summed E-state index contributed by atoms with van der Waals surface area (Å²) in [6.45, 7) is 1.94. The maximum atomic E-state index is 13.9. The minimum absolute atomic E-state index is 0.0499. The zero-order valence-electron chi connectivity index (χ0n) is 16.2. The molecule has 0 spiro atoms. The average molecular weight is 387 g/mol. The fourth-order valence-electron chi connectivity index (χ4n) is 3.60. The molecule has 4 rings (SSSR count). The molecule has 1 atom stereocenters. The van der Waals surface area contributed by atoms with Crippen LogP contribution in [0.15, 0.2) is 73.1 Å². The van der Waals surface area contributed by atoms with Gasteiger partial charge in [0.15, 0.2) is 0 Å². The Hall–Kier alpha value is -3.47. The van der Waals surface area contributed by atoms with Gasteiger partial charge in [-0.1, -0.05) is 36.4 Å². The minimum atomic E-state index is -0.285. The molecule has 2 N–H and O–H groups in total. The largest absolute Gasteiger partial charge is 0.354 e. The normalized spacial score (nSPS) is 12.1. The van der Waals surface area contributed by atoms with E-state index in [4.69, 9.17) is 0 Å². The van der Waals surface area contributed by atoms with E-state index in [1.165, 1.54) is 12.1 Å². The van der Waals surface area contributed by atoms with Crippen molar-refractivity contribution in [2.24, 2.45) is 0 Å². The van der Waals surface area contributed by atoms with Crippen molar-refractivity contribution in [3.05, 3.63) is 90.0 Å². The fourth-order valence-corrected chi connectivity index (χ4v) is 3.60. The molecule has 0 fully saturated rings. The number of carbonyl (C=O) groups is 1. The van der Waals surface area contributed by atoms with E-state index < -0.39 is 0 Å². The number of amides is 1. The van der Waals surface area contributed by atoms with Gasteiger partial charge < -0.3 is 10.3 Å². The summed E-state index contributed by atoms with van der Waals surface area (Å²) in [6.07, 6.45) is 4.29. The van der Waals surface area contributed by atoms with E-state index in [1.54, 1.807) is 18.5 Å². The van der Waals surface area contributed by atoms with Gasteiger partial charge in [0.25, 0.3) is 0 Å². The Bertz CT molecular complexity index is 1120. The van der Waals surface area contributed by atoms with Crippen molar-refractivity contribution < 1.29 is 9.18 Å². The quantitative estimate of drug-likeness (QED) is 0.479. The first-order valence-corrected chi connectivity index (χ1v) is 9.66. The summed E-state index contributed by atoms with van der Waals surface area (Å²) in [5.74, 6) is -0.335. The molecular formula is C24H22FN3O. The van der Waals surface area contributed by atoms with Gasteiger partial charge in [0.2, 0.25) is 5.91 Å². The lowest BCUT2D eigenvalue weighted by Gasteiger charge is -2.14. The van der Waals surface area contributed by atoms with Gasteiger partial charge >= 0.3 is 0 Å². The fraction of sp³-hybridized carbons (Fsp3) is 0.167. The number of aromatic amines is 1. The standard InChI is InChI=1S/C24H22FN3O/c1-16(18-8-5-13-26-15-18)27-23(29)12-10-20-21-14-19(25)9-11-22(21)28-24(20)17-6-3-2-4-7-17/h2-9,11,13-16,28H,10,12H2,1H3,(H,27,29). The number of rotatable bonds is 6. The third-order valence-electron chi connectivity index (χ3n) is 5.09. The lowest BCUT2D eigenvalue weighted by molar-refractivity contribution is -0.121. The van der Waals surface area contributed by atoms with E-state index >= 15 is 0 Å². The molecular weight excluding hydrogens is 365 g/mol. The molecule has 146 valence electrons. The number of H-pyrrole nitrogens is 1. The van der Waals surface area contributed by atoms with Gasteiger partial charge in [-0.3, -0.25) is 9.78 Å². The molecule has 2 heterocycles. The van der Waals surface area contributed by atoms with E-state index in [2.05, 4.69) is 15.3 Å². The van der Waals surface area contributed by atoms with Crippen LogP contribution in [0, 0.1) is 5.82 Å². The number of nitrogens with zero attached hydrogens (tertiary/aromatic N) is 1. The second-order valence-corrected chi connectivity index (χ2v) is 7.11. The van der Waals surface area contributed by atoms with Crippen molar-refractivity contribution in [3.63, 3.8) is 0 Å². The smallest absolute Gasteiger partial charge is 0.220 e.